The molecule has 4 heteroatoms. The molecule has 2 rings (SSSR count). The van der Waals surface area contributed by atoms with Crippen molar-refractivity contribution in [3.8, 4) is 5.75 Å². The molecule has 0 radical (unpaired) electrons. The molecule has 0 bridgehead atoms. The van der Waals surface area contributed by atoms with Gasteiger partial charge in [-0.25, -0.2) is 4.98 Å². The fourth-order valence-electron chi connectivity index (χ4n) is 2.12. The normalized spacial score (nSPS) is 12.4. The molecule has 1 heterocycles. The van der Waals surface area contributed by atoms with Crippen LogP contribution in [0.25, 0.3) is 0 Å². The minimum absolute atomic E-state index is 0.225. The topological polar surface area (TPSA) is 47.3 Å². The maximum atomic E-state index is 5.47. The molecule has 0 saturated carbocycles. The van der Waals surface area contributed by atoms with E-state index in [1.807, 2.05) is 25.1 Å². The van der Waals surface area contributed by atoms with Crippen molar-refractivity contribution < 1.29 is 9.15 Å². The fourth-order valence-corrected chi connectivity index (χ4v) is 2.12. The molecule has 0 saturated heterocycles. The number of oxazole rings is 1. The van der Waals surface area contributed by atoms with Gasteiger partial charge in [0.25, 0.3) is 0 Å². The van der Waals surface area contributed by atoms with Gasteiger partial charge in [-0.15, -0.1) is 0 Å². The quantitative estimate of drug-likeness (QED) is 0.866. The second-order valence-corrected chi connectivity index (χ2v) is 4.45. The molecule has 0 fully saturated rings. The molecule has 0 aliphatic heterocycles. The molecule has 0 aliphatic carbocycles. The summed E-state index contributed by atoms with van der Waals surface area (Å²) in [7, 11) is 1.70. The van der Waals surface area contributed by atoms with Crippen molar-refractivity contribution in [2.24, 2.45) is 0 Å². The second kappa shape index (κ2) is 6.38. The van der Waals surface area contributed by atoms with Gasteiger partial charge in [-0.3, -0.25) is 0 Å². The van der Waals surface area contributed by atoms with Crippen LogP contribution in [0, 0.1) is 6.92 Å². The van der Waals surface area contributed by atoms with E-state index < -0.39 is 0 Å². The summed E-state index contributed by atoms with van der Waals surface area (Å²) in [5, 5.41) is 3.45. The molecule has 1 aromatic heterocycles. The highest BCUT2D eigenvalue weighted by Crippen LogP contribution is 2.26. The van der Waals surface area contributed by atoms with Crippen LogP contribution in [0.2, 0.25) is 0 Å². The zero-order valence-corrected chi connectivity index (χ0v) is 11.6. The van der Waals surface area contributed by atoms with Crippen LogP contribution in [-0.4, -0.2) is 12.1 Å². The number of aromatic nitrogens is 1. The number of hydrogen-bond donors (Lipinski definition) is 1. The van der Waals surface area contributed by atoms with E-state index in [-0.39, 0.29) is 6.04 Å². The first-order chi connectivity index (χ1) is 9.24. The van der Waals surface area contributed by atoms with Crippen LogP contribution in [0.4, 0.5) is 0 Å². The number of ether oxygens (including phenoxy) is 1. The van der Waals surface area contributed by atoms with E-state index in [4.69, 9.17) is 9.15 Å². The molecule has 1 atom stereocenters. The van der Waals surface area contributed by atoms with E-state index in [2.05, 4.69) is 23.3 Å². The number of methoxy groups -OCH3 is 1. The highest BCUT2D eigenvalue weighted by atomic mass is 16.5. The average Bonchev–Trinajstić information content (AvgIpc) is 2.86. The zero-order valence-electron chi connectivity index (χ0n) is 11.6. The summed E-state index contributed by atoms with van der Waals surface area (Å²) in [5.74, 6) is 2.46. The van der Waals surface area contributed by atoms with Gasteiger partial charge in [0.05, 0.1) is 19.9 Å². The van der Waals surface area contributed by atoms with Crippen LogP contribution in [0.1, 0.15) is 36.6 Å². The third-order valence-corrected chi connectivity index (χ3v) is 3.09. The Hall–Kier alpha value is -1.81. The highest BCUT2D eigenvalue weighted by Gasteiger charge is 2.14. The van der Waals surface area contributed by atoms with E-state index in [1.54, 1.807) is 13.3 Å². The van der Waals surface area contributed by atoms with Gasteiger partial charge in [0, 0.05) is 11.6 Å². The van der Waals surface area contributed by atoms with E-state index in [0.717, 1.165) is 23.5 Å². The first-order valence-corrected chi connectivity index (χ1v) is 6.52. The van der Waals surface area contributed by atoms with Gasteiger partial charge in [-0.05, 0) is 19.4 Å². The molecule has 0 aliphatic rings. The molecule has 102 valence electrons. The summed E-state index contributed by atoms with van der Waals surface area (Å²) < 4.78 is 10.9. The zero-order chi connectivity index (χ0) is 13.7. The molecule has 2 aromatic rings. The number of para-hydroxylation sites is 1. The van der Waals surface area contributed by atoms with Crippen molar-refractivity contribution in [2.75, 3.05) is 7.11 Å². The minimum Gasteiger partial charge on any atom is -0.496 e. The van der Waals surface area contributed by atoms with Gasteiger partial charge >= 0.3 is 0 Å². The first-order valence-electron chi connectivity index (χ1n) is 6.52. The summed E-state index contributed by atoms with van der Waals surface area (Å²) in [4.78, 5) is 4.20. The molecular weight excluding hydrogens is 240 g/mol. The predicted octanol–water partition coefficient (Wildman–Crippen LogP) is 3.23. The molecular formula is C15H20N2O2. The van der Waals surface area contributed by atoms with E-state index >= 15 is 0 Å². The minimum atomic E-state index is 0.225. The Morgan fingerprint density at radius 1 is 1.37 bits per heavy atom. The lowest BCUT2D eigenvalue weighted by Crippen LogP contribution is -2.21. The van der Waals surface area contributed by atoms with Crippen LogP contribution in [0.5, 0.6) is 5.75 Å². The van der Waals surface area contributed by atoms with Crippen molar-refractivity contribution >= 4 is 0 Å². The van der Waals surface area contributed by atoms with Gasteiger partial charge in [0.2, 0.25) is 5.89 Å². The Kier molecular flexibility index (Phi) is 4.58. The smallest absolute Gasteiger partial charge is 0.208 e. The monoisotopic (exact) mass is 260 g/mol. The Morgan fingerprint density at radius 2 is 2.16 bits per heavy atom. The van der Waals surface area contributed by atoms with Crippen molar-refractivity contribution in [1.29, 1.82) is 0 Å². The lowest BCUT2D eigenvalue weighted by molar-refractivity contribution is 0.386. The number of nitrogens with one attached hydrogen (secondary N) is 1. The molecule has 1 aromatic carbocycles. The van der Waals surface area contributed by atoms with Gasteiger partial charge in [-0.2, -0.15) is 0 Å². The van der Waals surface area contributed by atoms with Crippen LogP contribution in [0.15, 0.2) is 34.9 Å². The van der Waals surface area contributed by atoms with Gasteiger partial charge in [0.15, 0.2) is 0 Å². The molecule has 1 unspecified atom stereocenters. The molecule has 0 spiro atoms. The lowest BCUT2D eigenvalue weighted by atomic mass is 10.0. The molecule has 0 amide bonds. The van der Waals surface area contributed by atoms with Gasteiger partial charge in [0.1, 0.15) is 11.5 Å². The Morgan fingerprint density at radius 3 is 2.79 bits per heavy atom. The molecule has 1 N–H and O–H groups in total. The standard InChI is InChI=1S/C15H20N2O2/c1-4-13(12-7-5-6-8-14(12)18-3)16-10-15-17-9-11(2)19-15/h5-9,13,16H,4,10H2,1-3H3. The lowest BCUT2D eigenvalue weighted by Gasteiger charge is -2.19. The Bertz CT molecular complexity index is 522. The van der Waals surface area contributed by atoms with Gasteiger partial charge in [-0.1, -0.05) is 25.1 Å². The fraction of sp³-hybridized carbons (Fsp3) is 0.400. The van der Waals surface area contributed by atoms with Crippen molar-refractivity contribution in [1.82, 2.24) is 10.3 Å². The first kappa shape index (κ1) is 13.6. The number of nitrogens with zero attached hydrogens (tertiary/aromatic N) is 1. The van der Waals surface area contributed by atoms with Crippen LogP contribution < -0.4 is 10.1 Å². The largest absolute Gasteiger partial charge is 0.496 e. The van der Waals surface area contributed by atoms with E-state index in [1.165, 1.54) is 0 Å². The summed E-state index contributed by atoms with van der Waals surface area (Å²) in [5.41, 5.74) is 1.16. The third kappa shape index (κ3) is 3.35. The van der Waals surface area contributed by atoms with Crippen molar-refractivity contribution in [3.05, 3.63) is 47.7 Å². The molecule has 4 nitrogen and oxygen atoms in total. The van der Waals surface area contributed by atoms with E-state index in [0.29, 0.717) is 12.4 Å². The summed E-state index contributed by atoms with van der Waals surface area (Å²) in [6.07, 6.45) is 2.71. The van der Waals surface area contributed by atoms with Crippen LogP contribution in [-0.2, 0) is 6.54 Å². The van der Waals surface area contributed by atoms with E-state index in [9.17, 15) is 0 Å². The second-order valence-electron chi connectivity index (χ2n) is 4.45. The van der Waals surface area contributed by atoms with Crippen molar-refractivity contribution in [2.45, 2.75) is 32.9 Å². The third-order valence-electron chi connectivity index (χ3n) is 3.09. The average molecular weight is 260 g/mol. The van der Waals surface area contributed by atoms with Crippen LogP contribution in [0.3, 0.4) is 0 Å². The Labute approximate surface area is 113 Å². The maximum Gasteiger partial charge on any atom is 0.208 e. The summed E-state index contributed by atoms with van der Waals surface area (Å²) in [6.45, 7) is 4.66. The van der Waals surface area contributed by atoms with Gasteiger partial charge < -0.3 is 14.5 Å². The number of benzene rings is 1. The highest BCUT2D eigenvalue weighted by molar-refractivity contribution is 5.35. The summed E-state index contributed by atoms with van der Waals surface area (Å²) >= 11 is 0. The molecule has 19 heavy (non-hydrogen) atoms. The predicted molar refractivity (Wildman–Crippen MR) is 74.1 cm³/mol. The van der Waals surface area contributed by atoms with Crippen molar-refractivity contribution in [3.63, 3.8) is 0 Å². The maximum absolute atomic E-state index is 5.47. The Balaban J connectivity index is 2.07. The number of hydrogen-bond acceptors (Lipinski definition) is 4. The SMILES string of the molecule is CCC(NCc1ncc(C)o1)c1ccccc1OC. The number of rotatable bonds is 6. The number of aryl methyl sites for hydroxylation is 1. The van der Waals surface area contributed by atoms with Crippen LogP contribution >= 0.6 is 0 Å². The summed E-state index contributed by atoms with van der Waals surface area (Å²) in [6, 6.07) is 8.29.